The van der Waals surface area contributed by atoms with E-state index in [2.05, 4.69) is 0 Å². The third-order valence-electron chi connectivity index (χ3n) is 2.03. The van der Waals surface area contributed by atoms with E-state index < -0.39 is 6.09 Å². The second kappa shape index (κ2) is 7.86. The lowest BCUT2D eigenvalue weighted by atomic mass is 10.2. The summed E-state index contributed by atoms with van der Waals surface area (Å²) in [7, 11) is 0. The number of rotatable bonds is 7. The molecule has 0 radical (unpaired) electrons. The van der Waals surface area contributed by atoms with E-state index >= 15 is 0 Å². The topological polar surface area (TPSA) is 66.6 Å². The van der Waals surface area contributed by atoms with Crippen LogP contribution in [0.1, 0.15) is 32.6 Å². The van der Waals surface area contributed by atoms with Crippen molar-refractivity contribution in [2.45, 2.75) is 32.6 Å². The predicted molar refractivity (Wildman–Crippen MR) is 52.8 cm³/mol. The molecule has 78 valence electrons. The van der Waals surface area contributed by atoms with Crippen LogP contribution in [0.5, 0.6) is 0 Å². The summed E-state index contributed by atoms with van der Waals surface area (Å²) in [5.74, 6) is 0. The molecule has 13 heavy (non-hydrogen) atoms. The molecule has 0 rings (SSSR count). The van der Waals surface area contributed by atoms with Gasteiger partial charge in [0.2, 0.25) is 0 Å². The maximum Gasteiger partial charge on any atom is 0.407 e. The van der Waals surface area contributed by atoms with Crippen molar-refractivity contribution < 1.29 is 9.90 Å². The van der Waals surface area contributed by atoms with Crippen LogP contribution in [0.25, 0.3) is 0 Å². The van der Waals surface area contributed by atoms with E-state index in [-0.39, 0.29) is 0 Å². The highest BCUT2D eigenvalue weighted by Gasteiger charge is 2.06. The maximum atomic E-state index is 10.6. The first-order valence-corrected chi connectivity index (χ1v) is 4.90. The fraction of sp³-hybridized carbons (Fsp3) is 0.889. The number of unbranched alkanes of at least 4 members (excludes halogenated alkanes) is 3. The quantitative estimate of drug-likeness (QED) is 0.595. The summed E-state index contributed by atoms with van der Waals surface area (Å²) in [6.07, 6.45) is 3.34. The molecular formula is C9H20N2O2. The highest BCUT2D eigenvalue weighted by Crippen LogP contribution is 2.01. The average molecular weight is 188 g/mol. The molecule has 0 aromatic heterocycles. The molecule has 0 saturated carbocycles. The number of carboxylic acid groups (broad SMARTS) is 1. The second-order valence-corrected chi connectivity index (χ2v) is 3.07. The lowest BCUT2D eigenvalue weighted by Crippen LogP contribution is -2.30. The molecule has 0 heterocycles. The van der Waals surface area contributed by atoms with Crippen LogP contribution in [0.3, 0.4) is 0 Å². The van der Waals surface area contributed by atoms with Gasteiger partial charge in [-0.15, -0.1) is 0 Å². The van der Waals surface area contributed by atoms with Gasteiger partial charge in [0.1, 0.15) is 0 Å². The van der Waals surface area contributed by atoms with E-state index in [1.54, 1.807) is 0 Å². The van der Waals surface area contributed by atoms with Crippen molar-refractivity contribution in [3.05, 3.63) is 0 Å². The van der Waals surface area contributed by atoms with E-state index in [1.165, 1.54) is 4.90 Å². The number of hydrogen-bond donors (Lipinski definition) is 2. The molecule has 4 nitrogen and oxygen atoms in total. The maximum absolute atomic E-state index is 10.6. The Labute approximate surface area is 79.7 Å². The summed E-state index contributed by atoms with van der Waals surface area (Å²) in [5.41, 5.74) is 5.34. The van der Waals surface area contributed by atoms with Crippen molar-refractivity contribution >= 4 is 6.09 Å². The lowest BCUT2D eigenvalue weighted by molar-refractivity contribution is 0.147. The monoisotopic (exact) mass is 188 g/mol. The minimum Gasteiger partial charge on any atom is -0.465 e. The van der Waals surface area contributed by atoms with Crippen LogP contribution in [0.2, 0.25) is 0 Å². The van der Waals surface area contributed by atoms with Gasteiger partial charge in [-0.05, 0) is 26.3 Å². The Morgan fingerprint density at radius 2 is 1.92 bits per heavy atom. The molecule has 0 bridgehead atoms. The first kappa shape index (κ1) is 12.2. The van der Waals surface area contributed by atoms with Gasteiger partial charge in [0, 0.05) is 13.1 Å². The van der Waals surface area contributed by atoms with Gasteiger partial charge in [0.25, 0.3) is 0 Å². The molecule has 0 fully saturated rings. The van der Waals surface area contributed by atoms with Crippen LogP contribution in [-0.2, 0) is 0 Å². The Hall–Kier alpha value is -0.770. The molecule has 0 unspecified atom stereocenters. The molecule has 0 aromatic rings. The fourth-order valence-electron chi connectivity index (χ4n) is 1.19. The van der Waals surface area contributed by atoms with Gasteiger partial charge in [-0.3, -0.25) is 0 Å². The van der Waals surface area contributed by atoms with Crippen molar-refractivity contribution in [3.8, 4) is 0 Å². The molecule has 1 amide bonds. The van der Waals surface area contributed by atoms with Crippen LogP contribution in [0.4, 0.5) is 4.79 Å². The largest absolute Gasteiger partial charge is 0.465 e. The van der Waals surface area contributed by atoms with E-state index in [0.29, 0.717) is 13.1 Å². The Kier molecular flexibility index (Phi) is 7.39. The highest BCUT2D eigenvalue weighted by atomic mass is 16.4. The van der Waals surface area contributed by atoms with Crippen LogP contribution < -0.4 is 5.73 Å². The SMILES string of the molecule is CCN(CCCCCCN)C(=O)O. The molecule has 3 N–H and O–H groups in total. The number of amides is 1. The summed E-state index contributed by atoms with van der Waals surface area (Å²) < 4.78 is 0. The standard InChI is InChI=1S/C9H20N2O2/c1-2-11(9(12)13)8-6-4-3-5-7-10/h2-8,10H2,1H3,(H,12,13). The van der Waals surface area contributed by atoms with Crippen molar-refractivity contribution in [1.29, 1.82) is 0 Å². The smallest absolute Gasteiger partial charge is 0.407 e. The second-order valence-electron chi connectivity index (χ2n) is 3.07. The van der Waals surface area contributed by atoms with Gasteiger partial charge in [-0.1, -0.05) is 12.8 Å². The fourth-order valence-corrected chi connectivity index (χ4v) is 1.19. The molecule has 0 aliphatic carbocycles. The summed E-state index contributed by atoms with van der Waals surface area (Å²) in [6, 6.07) is 0. The summed E-state index contributed by atoms with van der Waals surface area (Å²) in [6.45, 7) is 3.81. The third kappa shape index (κ3) is 6.40. The Balaban J connectivity index is 3.33. The molecule has 0 aliphatic heterocycles. The Morgan fingerprint density at radius 3 is 2.38 bits per heavy atom. The third-order valence-corrected chi connectivity index (χ3v) is 2.03. The van der Waals surface area contributed by atoms with E-state index in [0.717, 1.165) is 32.2 Å². The van der Waals surface area contributed by atoms with Gasteiger partial charge in [-0.2, -0.15) is 0 Å². The van der Waals surface area contributed by atoms with Crippen molar-refractivity contribution in [1.82, 2.24) is 4.90 Å². The number of nitrogens with zero attached hydrogens (tertiary/aromatic N) is 1. The average Bonchev–Trinajstić information content (AvgIpc) is 2.10. The Bertz CT molecular complexity index is 140. The van der Waals surface area contributed by atoms with E-state index in [9.17, 15) is 4.79 Å². The predicted octanol–water partition coefficient (Wildman–Crippen LogP) is 1.51. The van der Waals surface area contributed by atoms with Crippen LogP contribution >= 0.6 is 0 Å². The number of hydrogen-bond acceptors (Lipinski definition) is 2. The zero-order chi connectivity index (χ0) is 10.1. The molecule has 4 heteroatoms. The zero-order valence-corrected chi connectivity index (χ0v) is 8.33. The molecule has 0 atom stereocenters. The molecule has 0 spiro atoms. The lowest BCUT2D eigenvalue weighted by Gasteiger charge is -2.16. The van der Waals surface area contributed by atoms with Crippen LogP contribution in [0, 0.1) is 0 Å². The van der Waals surface area contributed by atoms with Gasteiger partial charge in [-0.25, -0.2) is 4.79 Å². The Morgan fingerprint density at radius 1 is 1.31 bits per heavy atom. The van der Waals surface area contributed by atoms with Crippen molar-refractivity contribution in [2.75, 3.05) is 19.6 Å². The molecular weight excluding hydrogens is 168 g/mol. The summed E-state index contributed by atoms with van der Waals surface area (Å²) in [5, 5.41) is 8.68. The normalized spacial score (nSPS) is 10.0. The van der Waals surface area contributed by atoms with Gasteiger partial charge < -0.3 is 15.7 Å². The molecule has 0 aromatic carbocycles. The highest BCUT2D eigenvalue weighted by molar-refractivity contribution is 5.64. The molecule has 0 saturated heterocycles. The minimum absolute atomic E-state index is 0.576. The van der Waals surface area contributed by atoms with Gasteiger partial charge in [0.15, 0.2) is 0 Å². The zero-order valence-electron chi connectivity index (χ0n) is 8.33. The van der Waals surface area contributed by atoms with Gasteiger partial charge in [0.05, 0.1) is 0 Å². The number of carbonyl (C=O) groups is 1. The number of nitrogens with two attached hydrogens (primary N) is 1. The first-order chi connectivity index (χ1) is 6.22. The van der Waals surface area contributed by atoms with E-state index in [1.807, 2.05) is 6.92 Å². The summed E-state index contributed by atoms with van der Waals surface area (Å²) >= 11 is 0. The van der Waals surface area contributed by atoms with Crippen molar-refractivity contribution in [2.24, 2.45) is 5.73 Å². The first-order valence-electron chi connectivity index (χ1n) is 4.90. The van der Waals surface area contributed by atoms with Crippen molar-refractivity contribution in [3.63, 3.8) is 0 Å². The molecule has 0 aliphatic rings. The van der Waals surface area contributed by atoms with E-state index in [4.69, 9.17) is 10.8 Å². The minimum atomic E-state index is -0.818. The summed E-state index contributed by atoms with van der Waals surface area (Å²) in [4.78, 5) is 12.0. The van der Waals surface area contributed by atoms with Crippen LogP contribution in [-0.4, -0.2) is 35.7 Å². The van der Waals surface area contributed by atoms with Gasteiger partial charge >= 0.3 is 6.09 Å². The van der Waals surface area contributed by atoms with Crippen LogP contribution in [0.15, 0.2) is 0 Å².